The van der Waals surface area contributed by atoms with Crippen LogP contribution in [0, 0.1) is 0 Å². The van der Waals surface area contributed by atoms with E-state index in [9.17, 15) is 4.79 Å². The van der Waals surface area contributed by atoms with Gasteiger partial charge in [-0.25, -0.2) is 4.79 Å². The van der Waals surface area contributed by atoms with Crippen molar-refractivity contribution in [2.75, 3.05) is 0 Å². The summed E-state index contributed by atoms with van der Waals surface area (Å²) in [5.41, 5.74) is 1.81. The van der Waals surface area contributed by atoms with Gasteiger partial charge in [0.2, 0.25) is 0 Å². The molecule has 158 valence electrons. The van der Waals surface area contributed by atoms with Crippen LogP contribution in [0.25, 0.3) is 0 Å². The molecular weight excluding hydrogens is 360 g/mol. The van der Waals surface area contributed by atoms with Gasteiger partial charge in [-0.3, -0.25) is 0 Å². The van der Waals surface area contributed by atoms with Gasteiger partial charge >= 0.3 is 5.97 Å². The van der Waals surface area contributed by atoms with Crippen LogP contribution < -0.4 is 9.47 Å². The summed E-state index contributed by atoms with van der Waals surface area (Å²) < 4.78 is 11.4. The highest BCUT2D eigenvalue weighted by atomic mass is 16.5. The van der Waals surface area contributed by atoms with Gasteiger partial charge < -0.3 is 9.47 Å². The minimum Gasteiger partial charge on any atom is -0.491 e. The van der Waals surface area contributed by atoms with Crippen LogP contribution in [0.15, 0.2) is 48.5 Å². The molecule has 0 spiro atoms. The summed E-state index contributed by atoms with van der Waals surface area (Å²) in [4.78, 5) is 12.4. The molecule has 3 heteroatoms. The smallest absolute Gasteiger partial charge is 0.343 e. The van der Waals surface area contributed by atoms with Gasteiger partial charge in [-0.05, 0) is 74.6 Å². The molecule has 1 atom stereocenters. The third kappa shape index (κ3) is 8.72. The standard InChI is InChI=1S/C26H36O3/c1-4-6-8-10-11-21(3)28-24-19-15-23(16-20-24)26(27)29-25-17-13-22(14-18-25)12-9-7-5-2/h13-21H,4-12H2,1-3H3/t21-/m1/s1. The van der Waals surface area contributed by atoms with Crippen molar-refractivity contribution in [2.24, 2.45) is 0 Å². The molecule has 0 aliphatic heterocycles. The first-order valence-corrected chi connectivity index (χ1v) is 11.2. The van der Waals surface area contributed by atoms with E-state index < -0.39 is 0 Å². The van der Waals surface area contributed by atoms with Gasteiger partial charge in [0.25, 0.3) is 0 Å². The lowest BCUT2D eigenvalue weighted by Gasteiger charge is -2.14. The summed E-state index contributed by atoms with van der Waals surface area (Å²) in [6.07, 6.45) is 10.9. The Balaban J connectivity index is 1.80. The van der Waals surface area contributed by atoms with E-state index >= 15 is 0 Å². The topological polar surface area (TPSA) is 35.5 Å². The first-order valence-electron chi connectivity index (χ1n) is 11.2. The van der Waals surface area contributed by atoms with E-state index in [1.807, 2.05) is 36.4 Å². The molecule has 0 saturated heterocycles. The van der Waals surface area contributed by atoms with Crippen molar-refractivity contribution in [3.05, 3.63) is 59.7 Å². The lowest BCUT2D eigenvalue weighted by atomic mass is 10.1. The van der Waals surface area contributed by atoms with Crippen LogP contribution in [-0.2, 0) is 6.42 Å². The van der Waals surface area contributed by atoms with Crippen molar-refractivity contribution in [3.8, 4) is 11.5 Å². The molecule has 0 radical (unpaired) electrons. The minimum atomic E-state index is -0.345. The lowest BCUT2D eigenvalue weighted by Crippen LogP contribution is -2.12. The summed E-state index contributed by atoms with van der Waals surface area (Å²) in [5.74, 6) is 1.03. The molecular formula is C26H36O3. The molecule has 2 rings (SSSR count). The number of hydrogen-bond donors (Lipinski definition) is 0. The quantitative estimate of drug-likeness (QED) is 0.201. The van der Waals surface area contributed by atoms with Gasteiger partial charge in [-0.1, -0.05) is 58.1 Å². The normalized spacial score (nSPS) is 11.8. The average Bonchev–Trinajstić information content (AvgIpc) is 2.73. The maximum absolute atomic E-state index is 12.4. The van der Waals surface area contributed by atoms with Gasteiger partial charge in [0, 0.05) is 0 Å². The van der Waals surface area contributed by atoms with E-state index in [4.69, 9.17) is 9.47 Å². The van der Waals surface area contributed by atoms with E-state index in [2.05, 4.69) is 20.8 Å². The molecule has 2 aromatic rings. The van der Waals surface area contributed by atoms with Crippen LogP contribution in [0.5, 0.6) is 11.5 Å². The lowest BCUT2D eigenvalue weighted by molar-refractivity contribution is 0.0734. The van der Waals surface area contributed by atoms with E-state index in [1.165, 1.54) is 50.5 Å². The van der Waals surface area contributed by atoms with Crippen molar-refractivity contribution in [1.29, 1.82) is 0 Å². The number of unbranched alkanes of at least 4 members (excludes halogenated alkanes) is 5. The fourth-order valence-corrected chi connectivity index (χ4v) is 3.29. The van der Waals surface area contributed by atoms with Crippen molar-refractivity contribution < 1.29 is 14.3 Å². The van der Waals surface area contributed by atoms with Crippen LogP contribution in [-0.4, -0.2) is 12.1 Å². The van der Waals surface area contributed by atoms with Crippen molar-refractivity contribution >= 4 is 5.97 Å². The van der Waals surface area contributed by atoms with Gasteiger partial charge in [0.1, 0.15) is 11.5 Å². The second-order valence-corrected chi connectivity index (χ2v) is 7.79. The minimum absolute atomic E-state index is 0.181. The first kappa shape index (κ1) is 23.0. The van der Waals surface area contributed by atoms with Crippen molar-refractivity contribution in [3.63, 3.8) is 0 Å². The largest absolute Gasteiger partial charge is 0.491 e. The highest BCUT2D eigenvalue weighted by Gasteiger charge is 2.10. The van der Waals surface area contributed by atoms with Crippen LogP contribution in [0.1, 0.15) is 88.1 Å². The number of carbonyl (C=O) groups is 1. The number of ether oxygens (including phenoxy) is 2. The summed E-state index contributed by atoms with van der Waals surface area (Å²) in [5, 5.41) is 0. The third-order valence-electron chi connectivity index (χ3n) is 5.09. The Labute approximate surface area is 176 Å². The van der Waals surface area contributed by atoms with Gasteiger partial charge in [-0.15, -0.1) is 0 Å². The summed E-state index contributed by atoms with van der Waals surface area (Å²) in [7, 11) is 0. The average molecular weight is 397 g/mol. The Morgan fingerprint density at radius 2 is 1.41 bits per heavy atom. The number of carbonyl (C=O) groups excluding carboxylic acids is 1. The van der Waals surface area contributed by atoms with Gasteiger partial charge in [-0.2, -0.15) is 0 Å². The predicted octanol–water partition coefficient (Wildman–Crippen LogP) is 7.38. The molecule has 0 heterocycles. The van der Waals surface area contributed by atoms with Crippen LogP contribution in [0.2, 0.25) is 0 Å². The van der Waals surface area contributed by atoms with Crippen molar-refractivity contribution in [2.45, 2.75) is 84.7 Å². The van der Waals surface area contributed by atoms with Crippen molar-refractivity contribution in [1.82, 2.24) is 0 Å². The zero-order valence-electron chi connectivity index (χ0n) is 18.3. The molecule has 2 aromatic carbocycles. The first-order chi connectivity index (χ1) is 14.1. The molecule has 0 aromatic heterocycles. The van der Waals surface area contributed by atoms with E-state index in [1.54, 1.807) is 12.1 Å². The number of esters is 1. The Morgan fingerprint density at radius 1 is 0.793 bits per heavy atom. The molecule has 0 bridgehead atoms. The molecule has 0 saturated carbocycles. The molecule has 0 amide bonds. The van der Waals surface area contributed by atoms with Crippen LogP contribution >= 0.6 is 0 Å². The monoisotopic (exact) mass is 396 g/mol. The second kappa shape index (κ2) is 13.0. The highest BCUT2D eigenvalue weighted by molar-refractivity contribution is 5.91. The number of hydrogen-bond acceptors (Lipinski definition) is 3. The number of rotatable bonds is 13. The highest BCUT2D eigenvalue weighted by Crippen LogP contribution is 2.19. The summed E-state index contributed by atoms with van der Waals surface area (Å²) in [6, 6.07) is 15.0. The van der Waals surface area contributed by atoms with Gasteiger partial charge in [0.05, 0.1) is 11.7 Å². The Bertz CT molecular complexity index is 704. The van der Waals surface area contributed by atoms with E-state index in [-0.39, 0.29) is 12.1 Å². The molecule has 0 N–H and O–H groups in total. The predicted molar refractivity (Wildman–Crippen MR) is 120 cm³/mol. The van der Waals surface area contributed by atoms with Crippen LogP contribution in [0.4, 0.5) is 0 Å². The van der Waals surface area contributed by atoms with E-state index in [0.717, 1.165) is 18.6 Å². The molecule has 0 aliphatic rings. The van der Waals surface area contributed by atoms with E-state index in [0.29, 0.717) is 11.3 Å². The Morgan fingerprint density at radius 3 is 2.07 bits per heavy atom. The zero-order chi connectivity index (χ0) is 20.9. The number of aryl methyl sites for hydroxylation is 1. The molecule has 3 nitrogen and oxygen atoms in total. The molecule has 29 heavy (non-hydrogen) atoms. The summed E-state index contributed by atoms with van der Waals surface area (Å²) >= 11 is 0. The molecule has 0 unspecified atom stereocenters. The maximum atomic E-state index is 12.4. The fourth-order valence-electron chi connectivity index (χ4n) is 3.29. The van der Waals surface area contributed by atoms with Crippen LogP contribution in [0.3, 0.4) is 0 Å². The third-order valence-corrected chi connectivity index (χ3v) is 5.09. The Hall–Kier alpha value is -2.29. The maximum Gasteiger partial charge on any atom is 0.343 e. The molecule has 0 fully saturated rings. The summed E-state index contributed by atoms with van der Waals surface area (Å²) in [6.45, 7) is 6.52. The second-order valence-electron chi connectivity index (χ2n) is 7.79. The zero-order valence-corrected chi connectivity index (χ0v) is 18.3. The molecule has 0 aliphatic carbocycles. The SMILES string of the molecule is CCCCCC[C@@H](C)Oc1ccc(C(=O)Oc2ccc(CCCCC)cc2)cc1. The number of benzene rings is 2. The Kier molecular flexibility index (Phi) is 10.3. The fraction of sp³-hybridized carbons (Fsp3) is 0.500. The van der Waals surface area contributed by atoms with Gasteiger partial charge in [0.15, 0.2) is 0 Å².